The molecular formula is C29H31ClN6O2. The lowest BCUT2D eigenvalue weighted by Crippen LogP contribution is -2.62. The summed E-state index contributed by atoms with van der Waals surface area (Å²) >= 11 is 6.03. The number of amides is 1. The zero-order chi connectivity index (χ0) is 26.2. The molecule has 0 radical (unpaired) electrons. The molecule has 2 aromatic carbocycles. The zero-order valence-electron chi connectivity index (χ0n) is 21.5. The van der Waals surface area contributed by atoms with Crippen molar-refractivity contribution < 1.29 is 9.21 Å². The van der Waals surface area contributed by atoms with Crippen LogP contribution in [-0.2, 0) is 17.9 Å². The Labute approximate surface area is 227 Å². The van der Waals surface area contributed by atoms with E-state index >= 15 is 0 Å². The van der Waals surface area contributed by atoms with E-state index in [9.17, 15) is 4.79 Å². The lowest BCUT2D eigenvalue weighted by atomic mass is 10.0. The molecule has 0 aliphatic carbocycles. The SMILES string of the molecule is CC(C)[C@@H]1Nc2nc(nc3ccccc23)CN2CCN(Cc3ccc(-c4ccc(Cl)cc4)o3)CC2NC1=O. The van der Waals surface area contributed by atoms with Gasteiger partial charge < -0.3 is 15.1 Å². The first kappa shape index (κ1) is 24.9. The normalized spacial score (nSPS) is 20.7. The number of nitrogens with zero attached hydrogens (tertiary/aromatic N) is 4. The second-order valence-electron chi connectivity index (χ2n) is 10.4. The van der Waals surface area contributed by atoms with E-state index in [0.29, 0.717) is 30.5 Å². The Kier molecular flexibility index (Phi) is 6.78. The molecule has 1 amide bonds. The number of aromatic nitrogens is 2. The number of nitrogens with one attached hydrogen (secondary N) is 2. The second kappa shape index (κ2) is 10.4. The summed E-state index contributed by atoms with van der Waals surface area (Å²) in [4.78, 5) is 27.8. The summed E-state index contributed by atoms with van der Waals surface area (Å²) < 4.78 is 6.15. The van der Waals surface area contributed by atoms with Crippen molar-refractivity contribution >= 4 is 34.2 Å². The molecule has 196 valence electrons. The van der Waals surface area contributed by atoms with Gasteiger partial charge in [0.05, 0.1) is 24.8 Å². The summed E-state index contributed by atoms with van der Waals surface area (Å²) in [5, 5.41) is 8.37. The van der Waals surface area contributed by atoms with E-state index in [2.05, 4.69) is 20.4 Å². The Morgan fingerprint density at radius 2 is 1.84 bits per heavy atom. The van der Waals surface area contributed by atoms with Gasteiger partial charge in [-0.3, -0.25) is 14.6 Å². The predicted molar refractivity (Wildman–Crippen MR) is 149 cm³/mol. The van der Waals surface area contributed by atoms with Crippen LogP contribution in [0.2, 0.25) is 5.02 Å². The first-order chi connectivity index (χ1) is 18.4. The standard InChI is InChI=1S/C29H31ClN6O2/c1-18(2)27-29(37)33-26-17-35(15-21-11-12-24(38-21)19-7-9-20(30)10-8-19)13-14-36(26)16-25-31-23-6-4-3-5-22(23)28(32-25)34-27/h3-12,18,26-27H,13-17H2,1-2H3,(H,33,37)(H,31,32,34)/t26?,27-/m0/s1. The molecule has 4 aromatic rings. The molecule has 4 heterocycles. The van der Waals surface area contributed by atoms with Gasteiger partial charge in [-0.25, -0.2) is 9.97 Å². The molecule has 2 aromatic heterocycles. The van der Waals surface area contributed by atoms with Gasteiger partial charge in [0.2, 0.25) is 5.91 Å². The fourth-order valence-electron chi connectivity index (χ4n) is 5.22. The number of rotatable bonds is 4. The third-order valence-electron chi connectivity index (χ3n) is 7.29. The largest absolute Gasteiger partial charge is 0.460 e. The van der Waals surface area contributed by atoms with Crippen LogP contribution in [0.25, 0.3) is 22.2 Å². The topological polar surface area (TPSA) is 86.5 Å². The summed E-state index contributed by atoms with van der Waals surface area (Å²) in [6, 6.07) is 19.2. The molecule has 38 heavy (non-hydrogen) atoms. The van der Waals surface area contributed by atoms with Gasteiger partial charge >= 0.3 is 0 Å². The molecule has 6 rings (SSSR count). The molecule has 1 unspecified atom stereocenters. The minimum Gasteiger partial charge on any atom is -0.460 e. The molecule has 9 heteroatoms. The van der Waals surface area contributed by atoms with Gasteiger partial charge in [-0.2, -0.15) is 0 Å². The van der Waals surface area contributed by atoms with Gasteiger partial charge in [0.25, 0.3) is 0 Å². The highest BCUT2D eigenvalue weighted by molar-refractivity contribution is 6.30. The maximum atomic E-state index is 13.5. The number of carbonyl (C=O) groups excluding carboxylic acids is 1. The van der Waals surface area contributed by atoms with Crippen molar-refractivity contribution in [1.82, 2.24) is 25.1 Å². The quantitative estimate of drug-likeness (QED) is 0.393. The van der Waals surface area contributed by atoms with Gasteiger partial charge in [-0.05, 0) is 54.4 Å². The maximum Gasteiger partial charge on any atom is 0.244 e. The van der Waals surface area contributed by atoms with E-state index in [1.54, 1.807) is 0 Å². The average molecular weight is 531 g/mol. The van der Waals surface area contributed by atoms with Crippen LogP contribution in [0, 0.1) is 5.92 Å². The van der Waals surface area contributed by atoms with Gasteiger partial charge in [0.15, 0.2) is 0 Å². The number of fused-ring (bicyclic) bond motifs is 5. The van der Waals surface area contributed by atoms with E-state index in [-0.39, 0.29) is 18.0 Å². The Hall–Kier alpha value is -3.46. The summed E-state index contributed by atoms with van der Waals surface area (Å²) in [6.45, 7) is 7.62. The Morgan fingerprint density at radius 1 is 1.03 bits per heavy atom. The number of para-hydroxylation sites is 1. The van der Waals surface area contributed by atoms with E-state index in [0.717, 1.165) is 46.9 Å². The molecule has 2 N–H and O–H groups in total. The monoisotopic (exact) mass is 530 g/mol. The van der Waals surface area contributed by atoms with Crippen molar-refractivity contribution in [2.24, 2.45) is 5.92 Å². The van der Waals surface area contributed by atoms with Crippen molar-refractivity contribution in [1.29, 1.82) is 0 Å². The third kappa shape index (κ3) is 5.12. The first-order valence-electron chi connectivity index (χ1n) is 13.1. The molecule has 0 saturated carbocycles. The van der Waals surface area contributed by atoms with E-state index in [1.165, 1.54) is 0 Å². The summed E-state index contributed by atoms with van der Waals surface area (Å²) in [6.07, 6.45) is -0.165. The van der Waals surface area contributed by atoms with Gasteiger partial charge in [0.1, 0.15) is 29.2 Å². The van der Waals surface area contributed by atoms with Crippen LogP contribution in [0.5, 0.6) is 0 Å². The minimum atomic E-state index is -0.413. The Balaban J connectivity index is 1.23. The van der Waals surface area contributed by atoms with E-state index in [1.807, 2.05) is 74.5 Å². The minimum absolute atomic E-state index is 0.0222. The lowest BCUT2D eigenvalue weighted by molar-refractivity contribution is -0.126. The van der Waals surface area contributed by atoms with Crippen LogP contribution >= 0.6 is 11.6 Å². The zero-order valence-corrected chi connectivity index (χ0v) is 22.3. The van der Waals surface area contributed by atoms with E-state index in [4.69, 9.17) is 26.0 Å². The number of furan rings is 1. The fraction of sp³-hybridized carbons (Fsp3) is 0.345. The summed E-state index contributed by atoms with van der Waals surface area (Å²) in [7, 11) is 0. The average Bonchev–Trinajstić information content (AvgIpc) is 3.37. The molecule has 2 aliphatic heterocycles. The molecule has 2 bridgehead atoms. The highest BCUT2D eigenvalue weighted by Gasteiger charge is 2.33. The first-order valence-corrected chi connectivity index (χ1v) is 13.4. The van der Waals surface area contributed by atoms with Crippen LogP contribution in [-0.4, -0.2) is 57.5 Å². The highest BCUT2D eigenvalue weighted by atomic mass is 35.5. The Bertz CT molecular complexity index is 1450. The third-order valence-corrected chi connectivity index (χ3v) is 7.54. The molecule has 2 aliphatic rings. The Morgan fingerprint density at radius 3 is 2.66 bits per heavy atom. The van der Waals surface area contributed by atoms with Gasteiger partial charge in [-0.15, -0.1) is 0 Å². The van der Waals surface area contributed by atoms with Crippen LogP contribution in [0.4, 0.5) is 5.82 Å². The number of carbonyl (C=O) groups is 1. The highest BCUT2D eigenvalue weighted by Crippen LogP contribution is 2.27. The van der Waals surface area contributed by atoms with Gasteiger partial charge in [-0.1, -0.05) is 37.6 Å². The van der Waals surface area contributed by atoms with Gasteiger partial charge in [0, 0.05) is 35.6 Å². The van der Waals surface area contributed by atoms with Crippen molar-refractivity contribution in [3.8, 4) is 11.3 Å². The number of hydrogen-bond donors (Lipinski definition) is 2. The number of piperazine rings is 1. The number of anilines is 1. The van der Waals surface area contributed by atoms with Crippen LogP contribution in [0.1, 0.15) is 25.4 Å². The lowest BCUT2D eigenvalue weighted by Gasteiger charge is -2.42. The smallest absolute Gasteiger partial charge is 0.244 e. The van der Waals surface area contributed by atoms with Crippen LogP contribution < -0.4 is 10.6 Å². The second-order valence-corrected chi connectivity index (χ2v) is 10.8. The van der Waals surface area contributed by atoms with Crippen molar-refractivity contribution in [2.75, 3.05) is 25.0 Å². The van der Waals surface area contributed by atoms with Crippen molar-refractivity contribution in [2.45, 2.75) is 39.1 Å². The fourth-order valence-corrected chi connectivity index (χ4v) is 5.35. The maximum absolute atomic E-state index is 13.5. The van der Waals surface area contributed by atoms with Crippen LogP contribution in [0.15, 0.2) is 65.1 Å². The number of hydrogen-bond acceptors (Lipinski definition) is 7. The number of halogens is 1. The molecule has 1 fully saturated rings. The van der Waals surface area contributed by atoms with Crippen molar-refractivity contribution in [3.05, 3.63) is 77.3 Å². The van der Waals surface area contributed by atoms with E-state index < -0.39 is 6.04 Å². The van der Waals surface area contributed by atoms with Crippen LogP contribution in [0.3, 0.4) is 0 Å². The molecular weight excluding hydrogens is 500 g/mol. The molecule has 0 spiro atoms. The predicted octanol–water partition coefficient (Wildman–Crippen LogP) is 4.75. The summed E-state index contributed by atoms with van der Waals surface area (Å²) in [5.41, 5.74) is 1.88. The van der Waals surface area contributed by atoms with Crippen molar-refractivity contribution in [3.63, 3.8) is 0 Å². The molecule has 8 nitrogen and oxygen atoms in total. The molecule has 2 atom stereocenters. The summed E-state index contributed by atoms with van der Waals surface area (Å²) in [5.74, 6) is 3.23. The number of benzene rings is 2. The molecule has 1 saturated heterocycles.